The topological polar surface area (TPSA) is 53.2 Å². The predicted octanol–water partition coefficient (Wildman–Crippen LogP) is 3.06. The van der Waals surface area contributed by atoms with Gasteiger partial charge in [-0.1, -0.05) is 42.1 Å². The number of nitrogens with zero attached hydrogens (tertiary/aromatic N) is 1. The molecule has 0 fully saturated rings. The Kier molecular flexibility index (Phi) is 4.89. The van der Waals surface area contributed by atoms with Crippen LogP contribution in [0.1, 0.15) is 13.8 Å². The molecule has 0 saturated heterocycles. The van der Waals surface area contributed by atoms with Gasteiger partial charge in [-0.05, 0) is 13.8 Å². The quantitative estimate of drug-likeness (QED) is 0.517. The highest BCUT2D eigenvalue weighted by Crippen LogP contribution is 2.54. The zero-order valence-corrected chi connectivity index (χ0v) is 11.5. The van der Waals surface area contributed by atoms with E-state index < -0.39 is 6.26 Å². The molecule has 1 aromatic carbocycles. The molecule has 0 amide bonds. The van der Waals surface area contributed by atoms with Gasteiger partial charge in [-0.3, -0.25) is 0 Å². The summed E-state index contributed by atoms with van der Waals surface area (Å²) in [5, 5.41) is 19.7. The number of rotatable bonds is 4. The molecule has 1 rings (SSSR count). The Morgan fingerprint density at radius 2 is 2.06 bits per heavy atom. The average Bonchev–Trinajstić information content (AvgIpc) is 2.31. The van der Waals surface area contributed by atoms with E-state index in [4.69, 9.17) is 21.6 Å². The van der Waals surface area contributed by atoms with E-state index in [0.717, 1.165) is 5.30 Å². The van der Waals surface area contributed by atoms with E-state index in [-0.39, 0.29) is 11.1 Å². The molecule has 1 unspecified atom stereocenters. The number of allylic oxidation sites excluding steroid dienone is 2. The highest BCUT2D eigenvalue weighted by Gasteiger charge is 2.27. The summed E-state index contributed by atoms with van der Waals surface area (Å²) < 4.78 is 5.62. The van der Waals surface area contributed by atoms with E-state index in [1.807, 2.05) is 43.3 Å². The van der Waals surface area contributed by atoms with Crippen LogP contribution in [-0.2, 0) is 16.3 Å². The third-order valence-electron chi connectivity index (χ3n) is 2.15. The van der Waals surface area contributed by atoms with E-state index in [1.54, 1.807) is 0 Å². The van der Waals surface area contributed by atoms with Crippen molar-refractivity contribution < 1.29 is 9.63 Å². The summed E-state index contributed by atoms with van der Waals surface area (Å²) in [5.74, 6) is -0.0619. The molecule has 1 atom stereocenters. The van der Waals surface area contributed by atoms with E-state index >= 15 is 0 Å². The SMILES string of the molecule is CCOP(=S)(C(C#N)=C(C)O)c1ccccc1. The van der Waals surface area contributed by atoms with Gasteiger partial charge in [0.25, 0.3) is 0 Å². The number of benzene rings is 1. The average molecular weight is 267 g/mol. The van der Waals surface area contributed by atoms with Gasteiger partial charge in [0.15, 0.2) is 0 Å². The molecule has 0 spiro atoms. The monoisotopic (exact) mass is 267 g/mol. The van der Waals surface area contributed by atoms with Crippen LogP contribution in [0.25, 0.3) is 0 Å². The number of aliphatic hydroxyl groups is 1. The van der Waals surface area contributed by atoms with Crippen molar-refractivity contribution in [2.24, 2.45) is 0 Å². The van der Waals surface area contributed by atoms with Crippen molar-refractivity contribution >= 4 is 23.4 Å². The van der Waals surface area contributed by atoms with E-state index in [9.17, 15) is 5.11 Å². The minimum Gasteiger partial charge on any atom is -0.511 e. The van der Waals surface area contributed by atoms with Crippen LogP contribution < -0.4 is 5.30 Å². The third kappa shape index (κ3) is 2.95. The summed E-state index contributed by atoms with van der Waals surface area (Å²) >= 11 is 5.51. The summed E-state index contributed by atoms with van der Waals surface area (Å²) in [4.78, 5) is 0. The van der Waals surface area contributed by atoms with Gasteiger partial charge in [-0.15, -0.1) is 0 Å². The summed E-state index contributed by atoms with van der Waals surface area (Å²) in [5.41, 5.74) is 0. The Labute approximate surface area is 106 Å². The third-order valence-corrected chi connectivity index (χ3v) is 6.26. The van der Waals surface area contributed by atoms with Crippen molar-refractivity contribution in [3.05, 3.63) is 41.4 Å². The Morgan fingerprint density at radius 3 is 2.47 bits per heavy atom. The van der Waals surface area contributed by atoms with Crippen LogP contribution in [0.3, 0.4) is 0 Å². The number of aliphatic hydroxyl groups excluding tert-OH is 1. The van der Waals surface area contributed by atoms with E-state index in [1.165, 1.54) is 6.92 Å². The Bertz CT molecular complexity index is 501. The van der Waals surface area contributed by atoms with Gasteiger partial charge in [0, 0.05) is 11.9 Å². The molecule has 5 heteroatoms. The number of hydrogen-bond donors (Lipinski definition) is 1. The van der Waals surface area contributed by atoms with Crippen molar-refractivity contribution in [2.75, 3.05) is 6.61 Å². The molecular weight excluding hydrogens is 253 g/mol. The number of nitriles is 1. The number of hydrogen-bond acceptors (Lipinski definition) is 4. The van der Waals surface area contributed by atoms with Crippen LogP contribution >= 0.6 is 6.26 Å². The van der Waals surface area contributed by atoms with Gasteiger partial charge in [-0.2, -0.15) is 5.26 Å². The van der Waals surface area contributed by atoms with Crippen LogP contribution in [0.2, 0.25) is 0 Å². The first-order valence-corrected chi connectivity index (χ1v) is 7.89. The first kappa shape index (κ1) is 13.9. The molecule has 0 saturated carbocycles. The molecule has 1 N–H and O–H groups in total. The highest BCUT2D eigenvalue weighted by atomic mass is 32.4. The molecule has 0 heterocycles. The molecule has 0 aromatic heterocycles. The molecule has 0 aliphatic carbocycles. The van der Waals surface area contributed by atoms with Crippen molar-refractivity contribution in [1.29, 1.82) is 5.26 Å². The molecule has 1 aromatic rings. The molecule has 17 heavy (non-hydrogen) atoms. The van der Waals surface area contributed by atoms with Crippen LogP contribution in [0.15, 0.2) is 41.4 Å². The molecule has 0 aliphatic heterocycles. The van der Waals surface area contributed by atoms with Gasteiger partial charge in [0.1, 0.15) is 23.4 Å². The fraction of sp³-hybridized carbons (Fsp3) is 0.250. The second-order valence-electron chi connectivity index (χ2n) is 3.35. The first-order chi connectivity index (χ1) is 8.06. The van der Waals surface area contributed by atoms with Crippen molar-refractivity contribution in [1.82, 2.24) is 0 Å². The van der Waals surface area contributed by atoms with Crippen molar-refractivity contribution in [3.8, 4) is 6.07 Å². The van der Waals surface area contributed by atoms with Gasteiger partial charge < -0.3 is 9.63 Å². The van der Waals surface area contributed by atoms with E-state index in [0.29, 0.717) is 6.61 Å². The summed E-state index contributed by atoms with van der Waals surface area (Å²) in [6.07, 6.45) is -2.64. The molecular formula is C12H14NO2PS. The fourth-order valence-electron chi connectivity index (χ4n) is 1.43. The van der Waals surface area contributed by atoms with Crippen molar-refractivity contribution in [3.63, 3.8) is 0 Å². The molecule has 90 valence electrons. The predicted molar refractivity (Wildman–Crippen MR) is 72.9 cm³/mol. The lowest BCUT2D eigenvalue weighted by Crippen LogP contribution is -2.09. The zero-order valence-electron chi connectivity index (χ0n) is 9.75. The van der Waals surface area contributed by atoms with E-state index in [2.05, 4.69) is 0 Å². The zero-order chi connectivity index (χ0) is 12.9. The highest BCUT2D eigenvalue weighted by molar-refractivity contribution is 8.18. The molecule has 0 radical (unpaired) electrons. The van der Waals surface area contributed by atoms with Crippen LogP contribution in [-0.4, -0.2) is 11.7 Å². The van der Waals surface area contributed by atoms with Crippen LogP contribution in [0.5, 0.6) is 0 Å². The maximum Gasteiger partial charge on any atom is 0.136 e. The Hall–Kier alpha value is -1.14. The normalized spacial score (nSPS) is 15.6. The van der Waals surface area contributed by atoms with Crippen molar-refractivity contribution in [2.45, 2.75) is 13.8 Å². The summed E-state index contributed by atoms with van der Waals surface area (Å²) in [7, 11) is 0. The van der Waals surface area contributed by atoms with Gasteiger partial charge in [-0.25, -0.2) is 0 Å². The second-order valence-corrected chi connectivity index (χ2v) is 7.22. The lowest BCUT2D eigenvalue weighted by molar-refractivity contribution is 0.380. The van der Waals surface area contributed by atoms with Gasteiger partial charge in [0.2, 0.25) is 0 Å². The molecule has 0 aliphatic rings. The fourth-order valence-corrected chi connectivity index (χ4v) is 4.66. The smallest absolute Gasteiger partial charge is 0.136 e. The van der Waals surface area contributed by atoms with Gasteiger partial charge in [0.05, 0.1) is 0 Å². The minimum atomic E-state index is -2.64. The lowest BCUT2D eigenvalue weighted by atomic mass is 10.4. The summed E-state index contributed by atoms with van der Waals surface area (Å²) in [6.45, 7) is 3.69. The Balaban J connectivity index is 3.40. The molecule has 3 nitrogen and oxygen atoms in total. The first-order valence-electron chi connectivity index (χ1n) is 5.17. The van der Waals surface area contributed by atoms with Crippen LogP contribution in [0.4, 0.5) is 0 Å². The minimum absolute atomic E-state index is 0.0619. The molecule has 0 bridgehead atoms. The standard InChI is InChI=1S/C12H14NO2PS/c1-3-15-16(17,12(9-13)10(2)14)11-7-5-4-6-8-11/h4-8,14H,3H2,1-2H3. The largest absolute Gasteiger partial charge is 0.511 e. The lowest BCUT2D eigenvalue weighted by Gasteiger charge is -2.21. The van der Waals surface area contributed by atoms with Crippen LogP contribution in [0, 0.1) is 11.3 Å². The maximum absolute atomic E-state index is 9.57. The maximum atomic E-state index is 9.57. The second kappa shape index (κ2) is 5.97. The summed E-state index contributed by atoms with van der Waals surface area (Å²) in [6, 6.07) is 11.2. The van der Waals surface area contributed by atoms with Gasteiger partial charge >= 0.3 is 0 Å². The Morgan fingerprint density at radius 1 is 1.47 bits per heavy atom.